The Balaban J connectivity index is 4.62. The highest BCUT2D eigenvalue weighted by molar-refractivity contribution is 6.75. The van der Waals surface area contributed by atoms with Crippen LogP contribution in [0.15, 0.2) is 0 Å². The van der Waals surface area contributed by atoms with Gasteiger partial charge in [0.25, 0.3) is 9.69 Å². The number of hydrogen-bond acceptors (Lipinski definition) is 6. The van der Waals surface area contributed by atoms with Gasteiger partial charge < -0.3 is 19.5 Å². The average molecular weight is 367 g/mol. The maximum absolute atomic E-state index is 10.5. The first kappa shape index (κ1) is 20.5. The Labute approximate surface area is 137 Å². The molecule has 10 heteroatoms. The number of nitrogens with one attached hydrogen (secondary N) is 1. The fourth-order valence-electron chi connectivity index (χ4n) is 1.44. The summed E-state index contributed by atoms with van der Waals surface area (Å²) in [6, 6.07) is 0. The number of methoxy groups -OCH3 is 1. The molecule has 0 aliphatic carbocycles. The van der Waals surface area contributed by atoms with Crippen molar-refractivity contribution in [1.29, 1.82) is 5.41 Å². The maximum Gasteiger partial charge on any atom is 0.506 e. The van der Waals surface area contributed by atoms with Gasteiger partial charge in [-0.2, -0.15) is 4.89 Å². The van der Waals surface area contributed by atoms with E-state index in [0.717, 1.165) is 0 Å². The molecule has 0 bridgehead atoms. The Kier molecular flexibility index (Phi) is 8.05. The molecule has 0 aliphatic rings. The van der Waals surface area contributed by atoms with Crippen molar-refractivity contribution in [2.75, 3.05) is 7.11 Å². The van der Waals surface area contributed by atoms with E-state index in [9.17, 15) is 4.79 Å². The van der Waals surface area contributed by atoms with Crippen LogP contribution in [-0.4, -0.2) is 45.9 Å². The Bertz CT molecular complexity index is 371. The van der Waals surface area contributed by atoms with E-state index in [2.05, 4.69) is 9.62 Å². The minimum Gasteiger partial charge on any atom is -0.450 e. The van der Waals surface area contributed by atoms with Gasteiger partial charge in [-0.1, -0.05) is 34.8 Å². The summed E-state index contributed by atoms with van der Waals surface area (Å²) in [4.78, 5) is 20.2. The van der Waals surface area contributed by atoms with Crippen LogP contribution in [0.25, 0.3) is 0 Å². The summed E-state index contributed by atoms with van der Waals surface area (Å²) in [7, 11) is 1.42. The SMILES string of the molecule is CO[C@H](CC(C)OC(=O)O)C(C)(C)OOC(=N)C(Cl)(Cl)Cl. The molecule has 0 rings (SSSR count). The molecule has 124 valence electrons. The third-order valence-corrected chi connectivity index (χ3v) is 3.02. The Morgan fingerprint density at radius 3 is 2.24 bits per heavy atom. The molecule has 21 heavy (non-hydrogen) atoms. The molecule has 2 N–H and O–H groups in total. The minimum atomic E-state index is -2.04. The zero-order valence-electron chi connectivity index (χ0n) is 12.0. The zero-order chi connectivity index (χ0) is 16.8. The van der Waals surface area contributed by atoms with E-state index in [1.54, 1.807) is 20.8 Å². The van der Waals surface area contributed by atoms with E-state index in [1.165, 1.54) is 7.11 Å². The monoisotopic (exact) mass is 365 g/mol. The van der Waals surface area contributed by atoms with Crippen molar-refractivity contribution in [3.63, 3.8) is 0 Å². The van der Waals surface area contributed by atoms with Crippen LogP contribution in [0.3, 0.4) is 0 Å². The van der Waals surface area contributed by atoms with Gasteiger partial charge in [0.1, 0.15) is 11.7 Å². The second-order valence-electron chi connectivity index (χ2n) is 4.75. The highest BCUT2D eigenvalue weighted by Crippen LogP contribution is 2.30. The normalized spacial score (nSPS) is 15.2. The molecule has 0 radical (unpaired) electrons. The Morgan fingerprint density at radius 1 is 1.33 bits per heavy atom. The summed E-state index contributed by atoms with van der Waals surface area (Å²) in [6.07, 6.45) is -2.39. The number of halogens is 3. The molecular weight excluding hydrogens is 348 g/mol. The first-order chi connectivity index (χ1) is 9.40. The van der Waals surface area contributed by atoms with Crippen LogP contribution >= 0.6 is 34.8 Å². The van der Waals surface area contributed by atoms with E-state index in [-0.39, 0.29) is 6.42 Å². The summed E-state index contributed by atoms with van der Waals surface area (Å²) in [6.45, 7) is 4.79. The van der Waals surface area contributed by atoms with E-state index in [0.29, 0.717) is 0 Å². The first-order valence-electron chi connectivity index (χ1n) is 5.84. The minimum absolute atomic E-state index is 0.209. The van der Waals surface area contributed by atoms with E-state index in [1.807, 2.05) is 0 Å². The summed E-state index contributed by atoms with van der Waals surface area (Å²) < 4.78 is 7.79. The fraction of sp³-hybridized carbons (Fsp3) is 0.818. The van der Waals surface area contributed by atoms with Crippen molar-refractivity contribution >= 4 is 46.9 Å². The fourth-order valence-corrected chi connectivity index (χ4v) is 1.53. The highest BCUT2D eigenvalue weighted by atomic mass is 35.6. The number of hydrogen-bond donors (Lipinski definition) is 2. The number of ether oxygens (including phenoxy) is 2. The van der Waals surface area contributed by atoms with Gasteiger partial charge in [0.05, 0.1) is 6.10 Å². The highest BCUT2D eigenvalue weighted by Gasteiger charge is 2.37. The van der Waals surface area contributed by atoms with Crippen LogP contribution < -0.4 is 0 Å². The lowest BCUT2D eigenvalue weighted by atomic mass is 9.96. The number of alkyl halides is 3. The molecule has 0 aromatic carbocycles. The molecular formula is C11H18Cl3NO6. The summed E-state index contributed by atoms with van der Waals surface area (Å²) in [5, 5.41) is 15.9. The molecule has 0 amide bonds. The van der Waals surface area contributed by atoms with Crippen LogP contribution in [0.4, 0.5) is 4.79 Å². The third kappa shape index (κ3) is 7.92. The van der Waals surface area contributed by atoms with E-state index >= 15 is 0 Å². The smallest absolute Gasteiger partial charge is 0.450 e. The van der Waals surface area contributed by atoms with Gasteiger partial charge in [-0.3, -0.25) is 5.41 Å². The van der Waals surface area contributed by atoms with Crippen molar-refractivity contribution in [1.82, 2.24) is 0 Å². The van der Waals surface area contributed by atoms with Crippen molar-refractivity contribution in [2.45, 2.75) is 48.8 Å². The second-order valence-corrected chi connectivity index (χ2v) is 7.03. The number of carboxylic acid groups (broad SMARTS) is 1. The topological polar surface area (TPSA) is 98.1 Å². The predicted octanol–water partition coefficient (Wildman–Crippen LogP) is 3.55. The molecule has 0 saturated carbocycles. The zero-order valence-corrected chi connectivity index (χ0v) is 14.3. The molecule has 0 fully saturated rings. The quantitative estimate of drug-likeness (QED) is 0.178. The summed E-state index contributed by atoms with van der Waals surface area (Å²) >= 11 is 16.4. The standard InChI is InChI=1S/C11H18Cl3NO6/c1-6(19-9(16)17)5-7(18-4)10(2,3)21-20-8(15)11(12,13)14/h6-7,15H,5H2,1-4H3,(H,16,17)/t6?,7-/m1/s1. The van der Waals surface area contributed by atoms with Crippen molar-refractivity contribution in [3.05, 3.63) is 0 Å². The number of carbonyl (C=O) groups is 1. The van der Waals surface area contributed by atoms with Crippen molar-refractivity contribution < 1.29 is 29.1 Å². The van der Waals surface area contributed by atoms with Crippen LogP contribution in [0.1, 0.15) is 27.2 Å². The summed E-state index contributed by atoms with van der Waals surface area (Å²) in [5.74, 6) is -0.703. The predicted molar refractivity (Wildman–Crippen MR) is 78.3 cm³/mol. The van der Waals surface area contributed by atoms with Gasteiger partial charge in [0, 0.05) is 13.5 Å². The van der Waals surface area contributed by atoms with Gasteiger partial charge in [-0.15, -0.1) is 0 Å². The molecule has 0 saturated heterocycles. The van der Waals surface area contributed by atoms with Gasteiger partial charge in [-0.25, -0.2) is 4.79 Å². The second kappa shape index (κ2) is 8.24. The first-order valence-corrected chi connectivity index (χ1v) is 6.97. The molecule has 0 spiro atoms. The lowest BCUT2D eigenvalue weighted by Crippen LogP contribution is -2.43. The van der Waals surface area contributed by atoms with Gasteiger partial charge >= 0.3 is 6.16 Å². The lowest BCUT2D eigenvalue weighted by molar-refractivity contribution is -0.321. The van der Waals surface area contributed by atoms with Gasteiger partial charge in [-0.05, 0) is 20.8 Å². The number of rotatable bonds is 7. The molecule has 0 aromatic heterocycles. The molecule has 0 aliphatic heterocycles. The van der Waals surface area contributed by atoms with Crippen molar-refractivity contribution in [2.24, 2.45) is 0 Å². The van der Waals surface area contributed by atoms with E-state index < -0.39 is 33.7 Å². The van der Waals surface area contributed by atoms with Gasteiger partial charge in [0.2, 0.25) is 0 Å². The Hall–Kier alpha value is -0.470. The molecule has 1 unspecified atom stereocenters. The largest absolute Gasteiger partial charge is 0.506 e. The maximum atomic E-state index is 10.5. The molecule has 2 atom stereocenters. The molecule has 0 heterocycles. The molecule has 7 nitrogen and oxygen atoms in total. The van der Waals surface area contributed by atoms with Crippen LogP contribution in [0.5, 0.6) is 0 Å². The lowest BCUT2D eigenvalue weighted by Gasteiger charge is -2.33. The van der Waals surface area contributed by atoms with Crippen LogP contribution in [0.2, 0.25) is 0 Å². The van der Waals surface area contributed by atoms with Crippen LogP contribution in [0, 0.1) is 5.41 Å². The third-order valence-electron chi connectivity index (χ3n) is 2.51. The van der Waals surface area contributed by atoms with E-state index in [4.69, 9.17) is 54.9 Å². The van der Waals surface area contributed by atoms with Crippen LogP contribution in [-0.2, 0) is 19.2 Å². The van der Waals surface area contributed by atoms with Crippen molar-refractivity contribution in [3.8, 4) is 0 Å². The summed E-state index contributed by atoms with van der Waals surface area (Å²) in [5.41, 5.74) is -1.05. The van der Waals surface area contributed by atoms with Gasteiger partial charge in [0.15, 0.2) is 0 Å². The molecule has 0 aromatic rings. The Morgan fingerprint density at radius 2 is 1.86 bits per heavy atom. The average Bonchev–Trinajstić information content (AvgIpc) is 2.30.